The number of hydrogen-bond acceptors (Lipinski definition) is 4. The van der Waals surface area contributed by atoms with E-state index < -0.39 is 19.8 Å². The van der Waals surface area contributed by atoms with Crippen LogP contribution in [0.15, 0.2) is 30.5 Å². The molecule has 5 nitrogen and oxygen atoms in total. The Morgan fingerprint density at radius 3 is 2.70 bits per heavy atom. The van der Waals surface area contributed by atoms with Gasteiger partial charge < -0.3 is 0 Å². The van der Waals surface area contributed by atoms with E-state index in [4.69, 9.17) is 5.73 Å². The molecule has 0 aliphatic carbocycles. The fraction of sp³-hybridized carbons (Fsp3) is 0.429. The summed E-state index contributed by atoms with van der Waals surface area (Å²) in [7, 11) is 0. The van der Waals surface area contributed by atoms with E-state index in [1.54, 1.807) is 0 Å². The van der Waals surface area contributed by atoms with Crippen molar-refractivity contribution in [1.82, 2.24) is 14.6 Å². The molecule has 0 atom stereocenters. The van der Waals surface area contributed by atoms with Crippen molar-refractivity contribution < 1.29 is 0 Å². The van der Waals surface area contributed by atoms with Gasteiger partial charge in [0.1, 0.15) is 0 Å². The molecule has 1 saturated heterocycles. The molecule has 144 valence electrons. The molecule has 0 spiro atoms. The quantitative estimate of drug-likeness (QED) is 0.427. The first kappa shape index (κ1) is 18.5. The summed E-state index contributed by atoms with van der Waals surface area (Å²) in [5.41, 5.74) is 11.6. The molecule has 1 aliphatic heterocycles. The zero-order valence-electron chi connectivity index (χ0n) is 16.3. The van der Waals surface area contributed by atoms with Crippen LogP contribution in [0.4, 0.5) is 11.6 Å². The third-order valence-corrected chi connectivity index (χ3v) is 10.5. The molecule has 1 aromatic carbocycles. The number of aromatic nitrogens is 3. The van der Waals surface area contributed by atoms with E-state index in [0.717, 1.165) is 35.1 Å². The van der Waals surface area contributed by atoms with Crippen molar-refractivity contribution in [3.05, 3.63) is 41.6 Å². The van der Waals surface area contributed by atoms with E-state index in [-0.39, 0.29) is 0 Å². The predicted octanol–water partition coefficient (Wildman–Crippen LogP) is 4.55. The molecule has 2 aromatic heterocycles. The van der Waals surface area contributed by atoms with Gasteiger partial charge in [-0.1, -0.05) is 0 Å². The van der Waals surface area contributed by atoms with Crippen molar-refractivity contribution in [2.24, 2.45) is 5.92 Å². The van der Waals surface area contributed by atoms with Crippen LogP contribution >= 0.6 is 19.8 Å². The summed E-state index contributed by atoms with van der Waals surface area (Å²) >= 11 is -0.557. The van der Waals surface area contributed by atoms with Gasteiger partial charge in [-0.05, 0) is 19.4 Å². The number of benzene rings is 1. The average molecular weight is 477 g/mol. The van der Waals surface area contributed by atoms with E-state index >= 15 is 0 Å². The van der Waals surface area contributed by atoms with E-state index in [1.807, 2.05) is 16.8 Å². The molecule has 3 aromatic rings. The molecule has 6 heteroatoms. The zero-order chi connectivity index (χ0) is 19.0. The van der Waals surface area contributed by atoms with Gasteiger partial charge in [-0.25, -0.2) is 0 Å². The Balaban J connectivity index is 1.62. The number of anilines is 2. The minimum Gasteiger partial charge on any atom is -0.0395 e. The standard InChI is InChI=1S/C21H28IN5/c1-14-4-5-17(10-15(14)2)18-13-25-27-20(11-19(23)26-21(18)27)24-12-16-6-8-22(3)9-7-16/h4-5,10-11,13,16,24H,6-9,12H2,1-3H3,(H2,23,26). The fourth-order valence-corrected chi connectivity index (χ4v) is 8.02. The maximum atomic E-state index is 6.13. The summed E-state index contributed by atoms with van der Waals surface area (Å²) in [4.78, 5) is 7.09. The number of alkyl halides is 3. The average Bonchev–Trinajstić information content (AvgIpc) is 3.07. The first-order valence-electron chi connectivity index (χ1n) is 9.49. The van der Waals surface area contributed by atoms with Crippen LogP contribution in [0.3, 0.4) is 0 Å². The molecule has 0 bridgehead atoms. The molecular weight excluding hydrogens is 449 g/mol. The van der Waals surface area contributed by atoms with E-state index in [1.165, 1.54) is 32.8 Å². The van der Waals surface area contributed by atoms with Gasteiger partial charge >= 0.3 is 149 Å². The second-order valence-corrected chi connectivity index (χ2v) is 13.9. The van der Waals surface area contributed by atoms with Gasteiger partial charge in [0.2, 0.25) is 0 Å². The number of nitrogens with zero attached hydrogens (tertiary/aromatic N) is 3. The van der Waals surface area contributed by atoms with Gasteiger partial charge in [0.15, 0.2) is 0 Å². The molecule has 4 rings (SSSR count). The molecule has 0 radical (unpaired) electrons. The molecule has 3 heterocycles. The molecule has 1 aliphatic rings. The monoisotopic (exact) mass is 477 g/mol. The number of aryl methyl sites for hydroxylation is 2. The number of fused-ring (bicyclic) bond motifs is 1. The van der Waals surface area contributed by atoms with Crippen LogP contribution in [0.25, 0.3) is 16.8 Å². The van der Waals surface area contributed by atoms with E-state index in [9.17, 15) is 0 Å². The van der Waals surface area contributed by atoms with Crippen LogP contribution in [0.1, 0.15) is 24.0 Å². The summed E-state index contributed by atoms with van der Waals surface area (Å²) < 4.78 is 4.87. The zero-order valence-corrected chi connectivity index (χ0v) is 18.5. The number of rotatable bonds is 4. The Labute approximate surface area is 168 Å². The van der Waals surface area contributed by atoms with Crippen molar-refractivity contribution >= 4 is 37.1 Å². The molecule has 27 heavy (non-hydrogen) atoms. The van der Waals surface area contributed by atoms with Gasteiger partial charge in [-0.2, -0.15) is 0 Å². The molecular formula is C21H28IN5. The minimum atomic E-state index is -0.557. The van der Waals surface area contributed by atoms with Crippen molar-refractivity contribution in [3.8, 4) is 11.1 Å². The van der Waals surface area contributed by atoms with Gasteiger partial charge in [0, 0.05) is 0 Å². The summed E-state index contributed by atoms with van der Waals surface area (Å²) in [5.74, 6) is 2.23. The van der Waals surface area contributed by atoms with Gasteiger partial charge in [0.25, 0.3) is 0 Å². The van der Waals surface area contributed by atoms with E-state index in [0.29, 0.717) is 5.82 Å². The third kappa shape index (κ3) is 3.90. The van der Waals surface area contributed by atoms with Crippen molar-refractivity contribution in [2.75, 3.05) is 31.4 Å². The van der Waals surface area contributed by atoms with Crippen LogP contribution in [0, 0.1) is 19.8 Å². The van der Waals surface area contributed by atoms with Crippen molar-refractivity contribution in [2.45, 2.75) is 26.7 Å². The molecule has 0 unspecified atom stereocenters. The fourth-order valence-electron chi connectivity index (χ4n) is 3.59. The summed E-state index contributed by atoms with van der Waals surface area (Å²) in [6.07, 6.45) is 4.63. The van der Waals surface area contributed by atoms with Crippen LogP contribution in [-0.4, -0.2) is 34.9 Å². The number of halogens is 1. The topological polar surface area (TPSA) is 68.2 Å². The second-order valence-electron chi connectivity index (χ2n) is 7.58. The number of nitrogens with two attached hydrogens (primary N) is 1. The number of hydrogen-bond donors (Lipinski definition) is 2. The van der Waals surface area contributed by atoms with Crippen LogP contribution in [0.2, 0.25) is 0 Å². The Morgan fingerprint density at radius 2 is 1.96 bits per heavy atom. The SMILES string of the molecule is Cc1ccc(-c2cnn3c(NCC4CCI(C)CC4)cc(N)nc23)cc1C. The van der Waals surface area contributed by atoms with Crippen LogP contribution in [-0.2, 0) is 0 Å². The Bertz CT molecular complexity index is 957. The van der Waals surface area contributed by atoms with Crippen LogP contribution in [0.5, 0.6) is 0 Å². The number of nitrogen functional groups attached to an aromatic ring is 1. The molecule has 3 N–H and O–H groups in total. The maximum absolute atomic E-state index is 6.13. The second kappa shape index (κ2) is 7.66. The minimum absolute atomic E-state index is 0.529. The van der Waals surface area contributed by atoms with Gasteiger partial charge in [-0.3, -0.25) is 0 Å². The molecule has 1 fully saturated rings. The Morgan fingerprint density at radius 1 is 1.19 bits per heavy atom. The van der Waals surface area contributed by atoms with Crippen molar-refractivity contribution in [1.29, 1.82) is 0 Å². The predicted molar refractivity (Wildman–Crippen MR) is 123 cm³/mol. The summed E-state index contributed by atoms with van der Waals surface area (Å²) in [6, 6.07) is 8.36. The molecule has 0 amide bonds. The van der Waals surface area contributed by atoms with Gasteiger partial charge in [-0.15, -0.1) is 0 Å². The summed E-state index contributed by atoms with van der Waals surface area (Å²) in [5, 5.41) is 8.20. The van der Waals surface area contributed by atoms with E-state index in [2.05, 4.69) is 52.4 Å². The van der Waals surface area contributed by atoms with Crippen LogP contribution < -0.4 is 11.1 Å². The smallest absolute Gasteiger partial charge is 0.0395 e. The van der Waals surface area contributed by atoms with Gasteiger partial charge in [0.05, 0.1) is 0 Å². The Kier molecular flexibility index (Phi) is 5.25. The Hall–Kier alpha value is -1.83. The normalized spacial score (nSPS) is 16.8. The molecule has 0 saturated carbocycles. The first-order valence-corrected chi connectivity index (χ1v) is 14.7. The van der Waals surface area contributed by atoms with Crippen molar-refractivity contribution in [3.63, 3.8) is 0 Å². The summed E-state index contributed by atoms with van der Waals surface area (Å²) in [6.45, 7) is 5.25. The third-order valence-electron chi connectivity index (χ3n) is 5.56. The first-order chi connectivity index (χ1) is 13.0. The number of nitrogens with one attached hydrogen (secondary N) is 1.